The summed E-state index contributed by atoms with van der Waals surface area (Å²) in [5, 5.41) is 0. The van der Waals surface area contributed by atoms with Gasteiger partial charge in [-0.15, -0.1) is 6.42 Å². The maximum absolute atomic E-state index is 14.2. The van der Waals surface area contributed by atoms with Crippen LogP contribution in [0.3, 0.4) is 0 Å². The van der Waals surface area contributed by atoms with Gasteiger partial charge in [-0.05, 0) is 38.0 Å². The average Bonchev–Trinajstić information content (AvgIpc) is 2.82. The third kappa shape index (κ3) is 2.52. The van der Waals surface area contributed by atoms with Gasteiger partial charge in [-0.3, -0.25) is 0 Å². The fourth-order valence-electron chi connectivity index (χ4n) is 5.64. The van der Waals surface area contributed by atoms with Crippen molar-refractivity contribution in [2.45, 2.75) is 76.1 Å². The highest BCUT2D eigenvalue weighted by molar-refractivity contribution is 5.12. The van der Waals surface area contributed by atoms with E-state index in [4.69, 9.17) is 30.4 Å². The maximum atomic E-state index is 14.2. The summed E-state index contributed by atoms with van der Waals surface area (Å²) in [5.41, 5.74) is -1.08. The Kier molecular flexibility index (Phi) is 4.38. The van der Waals surface area contributed by atoms with E-state index in [1.165, 1.54) is 6.92 Å². The van der Waals surface area contributed by atoms with Crippen LogP contribution in [-0.4, -0.2) is 36.2 Å². The molecule has 152 valence electrons. The Bertz CT molecular complexity index is 648. The van der Waals surface area contributed by atoms with Gasteiger partial charge >= 0.3 is 6.18 Å². The molecule has 1 saturated carbocycles. The average molecular weight is 390 g/mol. The Labute approximate surface area is 156 Å². The second kappa shape index (κ2) is 6.07. The van der Waals surface area contributed by atoms with Crippen LogP contribution in [0.25, 0.3) is 0 Å². The summed E-state index contributed by atoms with van der Waals surface area (Å²) < 4.78 is 59.4. The summed E-state index contributed by atoms with van der Waals surface area (Å²) in [5.74, 6) is -3.16. The number of fused-ring (bicyclic) bond motifs is 2. The highest BCUT2D eigenvalue weighted by atomic mass is 19.4. The summed E-state index contributed by atoms with van der Waals surface area (Å²) in [7, 11) is 0. The highest BCUT2D eigenvalue weighted by Gasteiger charge is 2.77. The van der Waals surface area contributed by atoms with Gasteiger partial charge in [0.2, 0.25) is 5.79 Å². The van der Waals surface area contributed by atoms with Crippen LogP contribution in [0.4, 0.5) is 13.2 Å². The van der Waals surface area contributed by atoms with Gasteiger partial charge in [0.15, 0.2) is 11.9 Å². The van der Waals surface area contributed by atoms with Crippen molar-refractivity contribution in [3.63, 3.8) is 0 Å². The molecule has 4 heterocycles. The van der Waals surface area contributed by atoms with E-state index in [1.807, 2.05) is 0 Å². The minimum atomic E-state index is -4.78. The standard InChI is InChI=1S/C19H25F3O5/c1-5-10-23-18(19(20,21)22)12(3)14-7-6-11(2)13-8-9-16(4)24-15(25-18)17(13,14)27-26-16/h1,11-15H,6-10H2,2-4H3/t11-,12-,13+,14+,15+,16-,17-,18-/m1/s1. The van der Waals surface area contributed by atoms with Crippen LogP contribution in [0.2, 0.25) is 0 Å². The molecule has 5 rings (SSSR count). The molecule has 0 unspecified atom stereocenters. The molecule has 2 bridgehead atoms. The number of ether oxygens (including phenoxy) is 3. The summed E-state index contributed by atoms with van der Waals surface area (Å²) in [4.78, 5) is 11.5. The lowest BCUT2D eigenvalue weighted by Crippen LogP contribution is -2.76. The van der Waals surface area contributed by atoms with Crippen LogP contribution in [-0.2, 0) is 24.0 Å². The first-order valence-corrected chi connectivity index (χ1v) is 9.46. The zero-order valence-corrected chi connectivity index (χ0v) is 15.7. The first-order chi connectivity index (χ1) is 12.6. The number of rotatable bonds is 2. The quantitative estimate of drug-likeness (QED) is 0.531. The van der Waals surface area contributed by atoms with E-state index in [1.54, 1.807) is 6.92 Å². The minimum absolute atomic E-state index is 0.0214. The van der Waals surface area contributed by atoms with Gasteiger partial charge in [-0.1, -0.05) is 19.8 Å². The van der Waals surface area contributed by atoms with E-state index in [2.05, 4.69) is 12.8 Å². The molecule has 5 aliphatic rings. The molecule has 5 fully saturated rings. The zero-order valence-electron chi connectivity index (χ0n) is 15.7. The first kappa shape index (κ1) is 19.5. The van der Waals surface area contributed by atoms with Crippen molar-refractivity contribution in [1.29, 1.82) is 0 Å². The third-order valence-corrected chi connectivity index (χ3v) is 7.03. The van der Waals surface area contributed by atoms with E-state index in [0.29, 0.717) is 12.8 Å². The van der Waals surface area contributed by atoms with E-state index in [0.717, 1.165) is 12.8 Å². The van der Waals surface area contributed by atoms with Crippen LogP contribution in [0, 0.1) is 36.0 Å². The minimum Gasteiger partial charge on any atom is -0.329 e. The third-order valence-electron chi connectivity index (χ3n) is 7.03. The molecule has 4 saturated heterocycles. The Morgan fingerprint density at radius 1 is 1.11 bits per heavy atom. The van der Waals surface area contributed by atoms with Gasteiger partial charge in [0, 0.05) is 18.3 Å². The second-order valence-electron chi connectivity index (χ2n) is 8.47. The zero-order chi connectivity index (χ0) is 19.7. The monoisotopic (exact) mass is 390 g/mol. The molecule has 0 N–H and O–H groups in total. The lowest BCUT2D eigenvalue weighted by Gasteiger charge is -2.62. The molecule has 8 atom stereocenters. The van der Waals surface area contributed by atoms with E-state index < -0.39 is 48.1 Å². The molecular weight excluding hydrogens is 365 g/mol. The van der Waals surface area contributed by atoms with Gasteiger partial charge < -0.3 is 14.2 Å². The van der Waals surface area contributed by atoms with Crippen LogP contribution in [0.1, 0.15) is 46.5 Å². The molecule has 8 heteroatoms. The maximum Gasteiger partial charge on any atom is 0.443 e. The van der Waals surface area contributed by atoms with Crippen molar-refractivity contribution in [2.24, 2.45) is 23.7 Å². The molecule has 1 spiro atoms. The fraction of sp³-hybridized carbons (Fsp3) is 0.895. The van der Waals surface area contributed by atoms with E-state index in [9.17, 15) is 13.2 Å². The SMILES string of the molecule is C#CCO[C@@]1(C(F)(F)F)O[C@@H]2O[C@@]3(C)CC[C@H]4[C@H](C)CC[C@@H]([C@H]1C)[C@@]24OO3. The molecule has 0 aromatic heterocycles. The summed E-state index contributed by atoms with van der Waals surface area (Å²) in [6, 6.07) is 0. The molecule has 0 amide bonds. The van der Waals surface area contributed by atoms with Crippen molar-refractivity contribution >= 4 is 0 Å². The van der Waals surface area contributed by atoms with Crippen molar-refractivity contribution < 1.29 is 37.2 Å². The summed E-state index contributed by atoms with van der Waals surface area (Å²) in [6.07, 6.45) is 1.76. The fourth-order valence-corrected chi connectivity index (χ4v) is 5.64. The van der Waals surface area contributed by atoms with Gasteiger partial charge in [0.25, 0.3) is 5.79 Å². The molecule has 5 nitrogen and oxygen atoms in total. The van der Waals surface area contributed by atoms with E-state index in [-0.39, 0.29) is 11.8 Å². The smallest absolute Gasteiger partial charge is 0.329 e. The lowest BCUT2D eigenvalue weighted by atomic mass is 9.57. The van der Waals surface area contributed by atoms with Gasteiger partial charge in [-0.2, -0.15) is 13.2 Å². The number of hydrogen-bond acceptors (Lipinski definition) is 5. The Morgan fingerprint density at radius 2 is 1.85 bits per heavy atom. The molecule has 1 aliphatic carbocycles. The first-order valence-electron chi connectivity index (χ1n) is 9.46. The van der Waals surface area contributed by atoms with Gasteiger partial charge in [-0.25, -0.2) is 9.78 Å². The molecule has 27 heavy (non-hydrogen) atoms. The Balaban J connectivity index is 1.83. The predicted molar refractivity (Wildman–Crippen MR) is 86.6 cm³/mol. The molecular formula is C19H25F3O5. The Hall–Kier alpha value is -0.850. The van der Waals surface area contributed by atoms with Crippen molar-refractivity contribution in [2.75, 3.05) is 6.61 Å². The number of terminal acetylenes is 1. The summed E-state index contributed by atoms with van der Waals surface area (Å²) in [6.45, 7) is 4.75. The molecule has 0 aromatic rings. The van der Waals surface area contributed by atoms with Gasteiger partial charge in [0.05, 0.1) is 0 Å². The van der Waals surface area contributed by atoms with Crippen LogP contribution in [0.5, 0.6) is 0 Å². The topological polar surface area (TPSA) is 46.2 Å². The van der Waals surface area contributed by atoms with Crippen molar-refractivity contribution in [3.05, 3.63) is 0 Å². The number of hydrogen-bond donors (Lipinski definition) is 0. The Morgan fingerprint density at radius 3 is 2.52 bits per heavy atom. The molecule has 0 aromatic carbocycles. The lowest BCUT2D eigenvalue weighted by molar-refractivity contribution is -0.598. The largest absolute Gasteiger partial charge is 0.443 e. The molecule has 4 aliphatic heterocycles. The van der Waals surface area contributed by atoms with Crippen LogP contribution < -0.4 is 0 Å². The van der Waals surface area contributed by atoms with Crippen LogP contribution >= 0.6 is 0 Å². The van der Waals surface area contributed by atoms with Crippen LogP contribution in [0.15, 0.2) is 0 Å². The predicted octanol–water partition coefficient (Wildman–Crippen LogP) is 3.78. The number of halogens is 3. The number of alkyl halides is 3. The van der Waals surface area contributed by atoms with E-state index >= 15 is 0 Å². The normalized spacial score (nSPS) is 52.0. The highest BCUT2D eigenvalue weighted by Crippen LogP contribution is 2.64. The summed E-state index contributed by atoms with van der Waals surface area (Å²) >= 11 is 0. The second-order valence-corrected chi connectivity index (χ2v) is 8.47. The van der Waals surface area contributed by atoms with Gasteiger partial charge in [0.1, 0.15) is 6.61 Å². The van der Waals surface area contributed by atoms with Crippen molar-refractivity contribution in [3.8, 4) is 12.3 Å². The van der Waals surface area contributed by atoms with Crippen molar-refractivity contribution in [1.82, 2.24) is 0 Å². The molecule has 0 radical (unpaired) electrons.